The number of fused-ring (bicyclic) bond motifs is 1. The van der Waals surface area contributed by atoms with E-state index < -0.39 is 0 Å². The van der Waals surface area contributed by atoms with Crippen molar-refractivity contribution >= 4 is 29.1 Å². The average Bonchev–Trinajstić information content (AvgIpc) is 3.10. The molecule has 3 rings (SSSR count). The minimum atomic E-state index is -0.270. The first-order chi connectivity index (χ1) is 10.6. The molecule has 0 spiro atoms. The van der Waals surface area contributed by atoms with Crippen LogP contribution in [-0.2, 0) is 20.9 Å². The molecule has 5 nitrogen and oxygen atoms in total. The van der Waals surface area contributed by atoms with Gasteiger partial charge in [0.1, 0.15) is 6.54 Å². The highest BCUT2D eigenvalue weighted by molar-refractivity contribution is 7.09. The number of imide groups is 1. The van der Waals surface area contributed by atoms with E-state index in [1.807, 2.05) is 29.7 Å². The van der Waals surface area contributed by atoms with Crippen molar-refractivity contribution in [1.29, 1.82) is 0 Å². The van der Waals surface area contributed by atoms with Gasteiger partial charge in [-0.05, 0) is 24.3 Å². The molecule has 3 amide bonds. The number of carbonyl (C=O) groups is 3. The van der Waals surface area contributed by atoms with Gasteiger partial charge in [0.2, 0.25) is 17.7 Å². The van der Waals surface area contributed by atoms with E-state index in [0.29, 0.717) is 19.4 Å². The van der Waals surface area contributed by atoms with Gasteiger partial charge >= 0.3 is 0 Å². The van der Waals surface area contributed by atoms with Gasteiger partial charge in [-0.15, -0.1) is 11.3 Å². The Morgan fingerprint density at radius 3 is 2.45 bits per heavy atom. The number of allylic oxidation sites excluding steroid dienone is 2. The second kappa shape index (κ2) is 6.04. The lowest BCUT2D eigenvalue weighted by atomic mass is 9.85. The fourth-order valence-corrected chi connectivity index (χ4v) is 3.76. The molecule has 1 fully saturated rings. The summed E-state index contributed by atoms with van der Waals surface area (Å²) in [4.78, 5) is 40.7. The van der Waals surface area contributed by atoms with Crippen LogP contribution in [0.2, 0.25) is 0 Å². The molecule has 22 heavy (non-hydrogen) atoms. The van der Waals surface area contributed by atoms with E-state index in [-0.39, 0.29) is 36.1 Å². The van der Waals surface area contributed by atoms with E-state index in [9.17, 15) is 14.4 Å². The lowest BCUT2D eigenvalue weighted by Crippen LogP contribution is -2.41. The molecule has 0 aromatic carbocycles. The molecule has 2 aliphatic rings. The van der Waals surface area contributed by atoms with Gasteiger partial charge in [-0.1, -0.05) is 18.2 Å². The molecule has 1 aromatic rings. The van der Waals surface area contributed by atoms with Crippen LogP contribution in [-0.4, -0.2) is 41.1 Å². The van der Waals surface area contributed by atoms with Crippen molar-refractivity contribution in [2.75, 3.05) is 13.6 Å². The van der Waals surface area contributed by atoms with E-state index in [1.54, 1.807) is 23.3 Å². The summed E-state index contributed by atoms with van der Waals surface area (Å²) in [6.07, 6.45) is 5.09. The lowest BCUT2D eigenvalue weighted by molar-refractivity contribution is -0.146. The number of hydrogen-bond donors (Lipinski definition) is 0. The normalized spacial score (nSPS) is 23.8. The number of likely N-dealkylation sites (tertiary alicyclic amines) is 1. The molecule has 2 atom stereocenters. The Morgan fingerprint density at radius 2 is 1.91 bits per heavy atom. The lowest BCUT2D eigenvalue weighted by Gasteiger charge is -2.20. The topological polar surface area (TPSA) is 57.7 Å². The standard InChI is InChI=1S/C16H18N2O3S/c1-17(9-11-5-4-8-22-11)14(19)10-18-15(20)12-6-2-3-7-13(12)16(18)21/h2-5,8,12-13H,6-7,9-10H2,1H3/t12-,13-/m1/s1. The van der Waals surface area contributed by atoms with Crippen molar-refractivity contribution in [1.82, 2.24) is 9.80 Å². The summed E-state index contributed by atoms with van der Waals surface area (Å²) in [5, 5.41) is 1.96. The Morgan fingerprint density at radius 1 is 1.27 bits per heavy atom. The third-order valence-electron chi connectivity index (χ3n) is 4.29. The van der Waals surface area contributed by atoms with E-state index in [2.05, 4.69) is 0 Å². The number of rotatable bonds is 4. The van der Waals surface area contributed by atoms with Crippen LogP contribution in [0.1, 0.15) is 17.7 Å². The zero-order chi connectivity index (χ0) is 15.7. The molecule has 0 unspecified atom stereocenters. The molecule has 0 saturated carbocycles. The average molecular weight is 318 g/mol. The number of likely N-dealkylation sites (N-methyl/N-ethyl adjacent to an activating group) is 1. The molecule has 0 bridgehead atoms. The summed E-state index contributed by atoms with van der Waals surface area (Å²) in [6, 6.07) is 3.89. The van der Waals surface area contributed by atoms with Crippen LogP contribution in [0.3, 0.4) is 0 Å². The van der Waals surface area contributed by atoms with Crippen LogP contribution in [0.4, 0.5) is 0 Å². The molecule has 116 valence electrons. The first kappa shape index (κ1) is 15.0. The Labute approximate surface area is 133 Å². The summed E-state index contributed by atoms with van der Waals surface area (Å²) in [5.41, 5.74) is 0. The van der Waals surface area contributed by atoms with Gasteiger partial charge in [0.05, 0.1) is 18.4 Å². The highest BCUT2D eigenvalue weighted by Gasteiger charge is 2.47. The molecule has 1 saturated heterocycles. The van der Waals surface area contributed by atoms with E-state index >= 15 is 0 Å². The number of amides is 3. The van der Waals surface area contributed by atoms with Gasteiger partial charge in [-0.25, -0.2) is 0 Å². The molecule has 1 aliphatic carbocycles. The Kier molecular flexibility index (Phi) is 4.11. The Hall–Kier alpha value is -1.95. The monoisotopic (exact) mass is 318 g/mol. The van der Waals surface area contributed by atoms with Crippen LogP contribution < -0.4 is 0 Å². The highest BCUT2D eigenvalue weighted by Crippen LogP contribution is 2.34. The van der Waals surface area contributed by atoms with Gasteiger partial charge in [0.25, 0.3) is 0 Å². The van der Waals surface area contributed by atoms with Crippen molar-refractivity contribution in [2.24, 2.45) is 11.8 Å². The minimum absolute atomic E-state index is 0.146. The number of thiophene rings is 1. The Bertz CT molecular complexity index is 597. The van der Waals surface area contributed by atoms with Gasteiger partial charge in [0, 0.05) is 11.9 Å². The van der Waals surface area contributed by atoms with E-state index in [1.165, 1.54) is 0 Å². The maximum Gasteiger partial charge on any atom is 0.242 e. The van der Waals surface area contributed by atoms with Crippen molar-refractivity contribution in [3.05, 3.63) is 34.5 Å². The second-order valence-corrected chi connectivity index (χ2v) is 6.78. The van der Waals surface area contributed by atoms with Gasteiger partial charge in [-0.2, -0.15) is 0 Å². The summed E-state index contributed by atoms with van der Waals surface area (Å²) in [6.45, 7) is 0.355. The minimum Gasteiger partial charge on any atom is -0.339 e. The van der Waals surface area contributed by atoms with Crippen LogP contribution in [0.15, 0.2) is 29.7 Å². The fraction of sp³-hybridized carbons (Fsp3) is 0.438. The van der Waals surface area contributed by atoms with Crippen LogP contribution in [0.25, 0.3) is 0 Å². The fourth-order valence-electron chi connectivity index (χ4n) is 3.01. The number of nitrogens with zero attached hydrogens (tertiary/aromatic N) is 2. The summed E-state index contributed by atoms with van der Waals surface area (Å²) in [7, 11) is 1.70. The SMILES string of the molecule is CN(Cc1cccs1)C(=O)CN1C(=O)[C@@H]2CC=CC[C@H]2C1=O. The van der Waals surface area contributed by atoms with Gasteiger partial charge in [-0.3, -0.25) is 19.3 Å². The molecule has 6 heteroatoms. The third kappa shape index (κ3) is 2.70. The van der Waals surface area contributed by atoms with Crippen LogP contribution in [0, 0.1) is 11.8 Å². The molecule has 0 N–H and O–H groups in total. The molecule has 0 radical (unpaired) electrons. The molecular formula is C16H18N2O3S. The summed E-state index contributed by atoms with van der Waals surface area (Å²) < 4.78 is 0. The molecular weight excluding hydrogens is 300 g/mol. The van der Waals surface area contributed by atoms with Crippen LogP contribution in [0.5, 0.6) is 0 Å². The smallest absolute Gasteiger partial charge is 0.242 e. The maximum absolute atomic E-state index is 12.3. The first-order valence-electron chi connectivity index (χ1n) is 7.34. The maximum atomic E-state index is 12.3. The van der Waals surface area contributed by atoms with Crippen molar-refractivity contribution in [3.63, 3.8) is 0 Å². The second-order valence-electron chi connectivity index (χ2n) is 5.75. The van der Waals surface area contributed by atoms with Crippen LogP contribution >= 0.6 is 11.3 Å². The summed E-state index contributed by atoms with van der Waals surface area (Å²) in [5.74, 6) is -1.14. The molecule has 1 aromatic heterocycles. The van der Waals surface area contributed by atoms with Gasteiger partial charge in [0.15, 0.2) is 0 Å². The highest BCUT2D eigenvalue weighted by atomic mass is 32.1. The Balaban J connectivity index is 1.64. The van der Waals surface area contributed by atoms with Crippen molar-refractivity contribution in [3.8, 4) is 0 Å². The zero-order valence-electron chi connectivity index (χ0n) is 12.4. The quantitative estimate of drug-likeness (QED) is 0.627. The zero-order valence-corrected chi connectivity index (χ0v) is 13.2. The van der Waals surface area contributed by atoms with E-state index in [4.69, 9.17) is 0 Å². The predicted octanol–water partition coefficient (Wildman–Crippen LogP) is 1.66. The number of hydrogen-bond acceptors (Lipinski definition) is 4. The van der Waals surface area contributed by atoms with Gasteiger partial charge < -0.3 is 4.90 Å². The molecule has 2 heterocycles. The largest absolute Gasteiger partial charge is 0.339 e. The van der Waals surface area contributed by atoms with E-state index in [0.717, 1.165) is 9.78 Å². The number of carbonyl (C=O) groups excluding carboxylic acids is 3. The van der Waals surface area contributed by atoms with Crippen molar-refractivity contribution < 1.29 is 14.4 Å². The summed E-state index contributed by atoms with van der Waals surface area (Å²) >= 11 is 1.58. The first-order valence-corrected chi connectivity index (χ1v) is 8.22. The molecule has 1 aliphatic heterocycles. The van der Waals surface area contributed by atoms with Crippen molar-refractivity contribution in [2.45, 2.75) is 19.4 Å². The predicted molar refractivity (Wildman–Crippen MR) is 82.9 cm³/mol. The third-order valence-corrected chi connectivity index (χ3v) is 5.15.